The predicted molar refractivity (Wildman–Crippen MR) is 74.7 cm³/mol. The lowest BCUT2D eigenvalue weighted by molar-refractivity contribution is -0.144. The number of halogens is 1. The number of pyridine rings is 1. The molecule has 0 spiro atoms. The van der Waals surface area contributed by atoms with Crippen molar-refractivity contribution in [2.45, 2.75) is 32.2 Å². The van der Waals surface area contributed by atoms with Crippen LogP contribution in [0.3, 0.4) is 0 Å². The number of nitrogens with zero attached hydrogens (tertiary/aromatic N) is 2. The fourth-order valence-corrected chi connectivity index (χ4v) is 2.76. The molecule has 0 aliphatic carbocycles. The van der Waals surface area contributed by atoms with Gasteiger partial charge in [0.1, 0.15) is 11.2 Å². The SMILES string of the molecule is CCC1CCN(C(=O)c2ccnc(Cl)c2)C(C(=O)O)C1. The molecule has 2 unspecified atom stereocenters. The summed E-state index contributed by atoms with van der Waals surface area (Å²) in [7, 11) is 0. The third kappa shape index (κ3) is 3.10. The standard InChI is InChI=1S/C14H17ClN2O3/c1-2-9-4-6-17(11(7-9)14(19)20)13(18)10-3-5-16-12(15)8-10/h3,5,8-9,11H,2,4,6-7H2,1H3,(H,19,20). The van der Waals surface area contributed by atoms with Gasteiger partial charge in [-0.2, -0.15) is 0 Å². The van der Waals surface area contributed by atoms with Gasteiger partial charge in [0.15, 0.2) is 0 Å². The van der Waals surface area contributed by atoms with Gasteiger partial charge in [-0.15, -0.1) is 0 Å². The van der Waals surface area contributed by atoms with E-state index in [1.807, 2.05) is 6.92 Å². The molecule has 1 saturated heterocycles. The van der Waals surface area contributed by atoms with Crippen LogP contribution >= 0.6 is 11.6 Å². The average molecular weight is 297 g/mol. The van der Waals surface area contributed by atoms with Gasteiger partial charge in [-0.3, -0.25) is 4.79 Å². The smallest absolute Gasteiger partial charge is 0.326 e. The lowest BCUT2D eigenvalue weighted by Gasteiger charge is -2.37. The molecule has 0 radical (unpaired) electrons. The van der Waals surface area contributed by atoms with E-state index >= 15 is 0 Å². The second-order valence-electron chi connectivity index (χ2n) is 5.02. The minimum Gasteiger partial charge on any atom is -0.480 e. The highest BCUT2D eigenvalue weighted by Gasteiger charge is 2.35. The van der Waals surface area contributed by atoms with Gasteiger partial charge in [0.25, 0.3) is 5.91 Å². The van der Waals surface area contributed by atoms with Gasteiger partial charge in [0.2, 0.25) is 0 Å². The van der Waals surface area contributed by atoms with E-state index in [9.17, 15) is 14.7 Å². The van der Waals surface area contributed by atoms with E-state index in [-0.39, 0.29) is 11.1 Å². The summed E-state index contributed by atoms with van der Waals surface area (Å²) in [5.74, 6) is -0.880. The zero-order chi connectivity index (χ0) is 14.7. The molecular formula is C14H17ClN2O3. The predicted octanol–water partition coefficient (Wildman–Crippen LogP) is 2.45. The summed E-state index contributed by atoms with van der Waals surface area (Å²) in [4.78, 5) is 29.1. The van der Waals surface area contributed by atoms with Crippen molar-refractivity contribution in [1.29, 1.82) is 0 Å². The van der Waals surface area contributed by atoms with Gasteiger partial charge < -0.3 is 10.0 Å². The van der Waals surface area contributed by atoms with Crippen molar-refractivity contribution in [3.8, 4) is 0 Å². The van der Waals surface area contributed by atoms with Crippen molar-refractivity contribution < 1.29 is 14.7 Å². The molecule has 1 aliphatic rings. The Labute approximate surface area is 122 Å². The summed E-state index contributed by atoms with van der Waals surface area (Å²) < 4.78 is 0. The highest BCUT2D eigenvalue weighted by Crippen LogP contribution is 2.27. The van der Waals surface area contributed by atoms with Crippen molar-refractivity contribution in [3.05, 3.63) is 29.0 Å². The molecule has 1 aliphatic heterocycles. The molecular weight excluding hydrogens is 280 g/mol. The number of aliphatic carboxylic acids is 1. The Morgan fingerprint density at radius 2 is 2.30 bits per heavy atom. The Kier molecular flexibility index (Phi) is 4.60. The number of hydrogen-bond donors (Lipinski definition) is 1. The molecule has 0 bridgehead atoms. The van der Waals surface area contributed by atoms with Crippen LogP contribution in [0.1, 0.15) is 36.5 Å². The first-order valence-corrected chi connectivity index (χ1v) is 7.06. The Bertz CT molecular complexity index is 521. The van der Waals surface area contributed by atoms with Gasteiger partial charge in [-0.05, 0) is 30.9 Å². The number of piperidine rings is 1. The number of carboxylic acid groups (broad SMARTS) is 1. The minimum atomic E-state index is -0.948. The van der Waals surface area contributed by atoms with Gasteiger partial charge in [0.05, 0.1) is 0 Å². The Hall–Kier alpha value is -1.62. The number of carboxylic acids is 1. The normalized spacial score (nSPS) is 22.6. The summed E-state index contributed by atoms with van der Waals surface area (Å²) in [5.41, 5.74) is 0.381. The lowest BCUT2D eigenvalue weighted by atomic mass is 9.88. The zero-order valence-corrected chi connectivity index (χ0v) is 12.0. The fourth-order valence-electron chi connectivity index (χ4n) is 2.59. The summed E-state index contributed by atoms with van der Waals surface area (Å²) >= 11 is 5.77. The van der Waals surface area contributed by atoms with Crippen molar-refractivity contribution in [3.63, 3.8) is 0 Å². The Balaban J connectivity index is 2.21. The van der Waals surface area contributed by atoms with Gasteiger partial charge in [0, 0.05) is 18.3 Å². The molecule has 6 heteroatoms. The fraction of sp³-hybridized carbons (Fsp3) is 0.500. The van der Waals surface area contributed by atoms with Crippen LogP contribution in [-0.4, -0.2) is 39.5 Å². The Morgan fingerprint density at radius 3 is 2.90 bits per heavy atom. The molecule has 1 aromatic heterocycles. The minimum absolute atomic E-state index is 0.228. The molecule has 1 amide bonds. The van der Waals surface area contributed by atoms with Crippen molar-refractivity contribution in [1.82, 2.24) is 9.88 Å². The molecule has 1 N–H and O–H groups in total. The van der Waals surface area contributed by atoms with Gasteiger partial charge in [-0.1, -0.05) is 24.9 Å². The highest BCUT2D eigenvalue weighted by atomic mass is 35.5. The molecule has 2 atom stereocenters. The second kappa shape index (κ2) is 6.22. The van der Waals surface area contributed by atoms with Gasteiger partial charge >= 0.3 is 5.97 Å². The molecule has 2 rings (SSSR count). The summed E-state index contributed by atoms with van der Waals surface area (Å²) in [6.45, 7) is 2.51. The molecule has 108 valence electrons. The van der Waals surface area contributed by atoms with Crippen molar-refractivity contribution in [2.24, 2.45) is 5.92 Å². The first-order valence-electron chi connectivity index (χ1n) is 6.68. The lowest BCUT2D eigenvalue weighted by Crippen LogP contribution is -2.50. The van der Waals surface area contributed by atoms with E-state index in [1.165, 1.54) is 17.2 Å². The van der Waals surface area contributed by atoms with Crippen LogP contribution in [0.4, 0.5) is 0 Å². The van der Waals surface area contributed by atoms with E-state index in [2.05, 4.69) is 4.98 Å². The molecule has 1 fully saturated rings. The number of likely N-dealkylation sites (tertiary alicyclic amines) is 1. The number of carbonyl (C=O) groups excluding carboxylic acids is 1. The molecule has 0 saturated carbocycles. The van der Waals surface area contributed by atoms with Gasteiger partial charge in [-0.25, -0.2) is 9.78 Å². The molecule has 20 heavy (non-hydrogen) atoms. The Morgan fingerprint density at radius 1 is 1.55 bits per heavy atom. The molecule has 2 heterocycles. The maximum atomic E-state index is 12.4. The quantitative estimate of drug-likeness (QED) is 0.870. The molecule has 1 aromatic rings. The topological polar surface area (TPSA) is 70.5 Å². The number of hydrogen-bond acceptors (Lipinski definition) is 3. The zero-order valence-electron chi connectivity index (χ0n) is 11.3. The number of amides is 1. The van der Waals surface area contributed by atoms with Crippen LogP contribution in [0.15, 0.2) is 18.3 Å². The maximum absolute atomic E-state index is 12.4. The highest BCUT2D eigenvalue weighted by molar-refractivity contribution is 6.29. The largest absolute Gasteiger partial charge is 0.480 e. The summed E-state index contributed by atoms with van der Waals surface area (Å²) in [6.07, 6.45) is 3.73. The molecule has 0 aromatic carbocycles. The van der Waals surface area contributed by atoms with Crippen LogP contribution in [0.2, 0.25) is 5.15 Å². The average Bonchev–Trinajstić information content (AvgIpc) is 2.45. The first kappa shape index (κ1) is 14.8. The van der Waals surface area contributed by atoms with Crippen LogP contribution in [-0.2, 0) is 4.79 Å². The number of carbonyl (C=O) groups is 2. The van der Waals surface area contributed by atoms with Crippen LogP contribution in [0.25, 0.3) is 0 Å². The number of rotatable bonds is 3. The van der Waals surface area contributed by atoms with E-state index in [0.29, 0.717) is 24.4 Å². The number of aromatic nitrogens is 1. The van der Waals surface area contributed by atoms with E-state index in [4.69, 9.17) is 11.6 Å². The second-order valence-corrected chi connectivity index (χ2v) is 5.41. The monoisotopic (exact) mass is 296 g/mol. The van der Waals surface area contributed by atoms with Crippen LogP contribution in [0, 0.1) is 5.92 Å². The third-order valence-corrected chi connectivity index (χ3v) is 4.01. The van der Waals surface area contributed by atoms with E-state index in [0.717, 1.165) is 12.8 Å². The van der Waals surface area contributed by atoms with Crippen molar-refractivity contribution >= 4 is 23.5 Å². The third-order valence-electron chi connectivity index (χ3n) is 3.81. The van der Waals surface area contributed by atoms with E-state index < -0.39 is 12.0 Å². The van der Waals surface area contributed by atoms with Crippen molar-refractivity contribution in [2.75, 3.05) is 6.54 Å². The molecule has 5 nitrogen and oxygen atoms in total. The van der Waals surface area contributed by atoms with Crippen LogP contribution in [0.5, 0.6) is 0 Å². The van der Waals surface area contributed by atoms with E-state index in [1.54, 1.807) is 6.07 Å². The van der Waals surface area contributed by atoms with Crippen LogP contribution < -0.4 is 0 Å². The summed E-state index contributed by atoms with van der Waals surface area (Å²) in [5, 5.41) is 9.57. The summed E-state index contributed by atoms with van der Waals surface area (Å²) in [6, 6.07) is 2.27. The first-order chi connectivity index (χ1) is 9.52. The maximum Gasteiger partial charge on any atom is 0.326 e.